The molecule has 0 amide bonds. The molecule has 1 aliphatic carbocycles. The largest absolute Gasteiger partial charge is 0.0795 e. The van der Waals surface area contributed by atoms with Crippen LogP contribution >= 0.6 is 0 Å². The highest BCUT2D eigenvalue weighted by molar-refractivity contribution is 5.95. The molecular formula is C17H18. The standard InChI is InChI=1S/C17H18/c1-17(2,3)15-10-13-8-4-6-12-7-5-9-14(11-15)16(12)13/h4-6,8-11H,7H2,1-3H3. The van der Waals surface area contributed by atoms with Gasteiger partial charge in [-0.05, 0) is 39.3 Å². The summed E-state index contributed by atoms with van der Waals surface area (Å²) in [7, 11) is 0. The summed E-state index contributed by atoms with van der Waals surface area (Å²) in [5.41, 5.74) is 4.48. The quantitative estimate of drug-likeness (QED) is 0.605. The number of hydrogen-bond donors (Lipinski definition) is 0. The fourth-order valence-corrected chi connectivity index (χ4v) is 2.59. The van der Waals surface area contributed by atoms with E-state index in [0.29, 0.717) is 0 Å². The van der Waals surface area contributed by atoms with Crippen LogP contribution in [0, 0.1) is 0 Å². The summed E-state index contributed by atoms with van der Waals surface area (Å²) in [5.74, 6) is 0. The van der Waals surface area contributed by atoms with Crippen molar-refractivity contribution < 1.29 is 0 Å². The van der Waals surface area contributed by atoms with Crippen molar-refractivity contribution in [2.75, 3.05) is 0 Å². The summed E-state index contributed by atoms with van der Waals surface area (Å²) in [5, 5.41) is 2.83. The maximum absolute atomic E-state index is 2.35. The predicted octanol–water partition coefficient (Wildman–Crippen LogP) is 4.71. The molecule has 0 unspecified atom stereocenters. The van der Waals surface area contributed by atoms with E-state index < -0.39 is 0 Å². The van der Waals surface area contributed by atoms with E-state index in [1.54, 1.807) is 0 Å². The molecule has 0 heteroatoms. The first-order valence-corrected chi connectivity index (χ1v) is 6.28. The van der Waals surface area contributed by atoms with Crippen LogP contribution in [0.4, 0.5) is 0 Å². The first-order valence-electron chi connectivity index (χ1n) is 6.28. The van der Waals surface area contributed by atoms with Crippen LogP contribution in [0.2, 0.25) is 0 Å². The average Bonchev–Trinajstić information content (AvgIpc) is 2.28. The molecule has 0 fully saturated rings. The molecule has 3 rings (SSSR count). The van der Waals surface area contributed by atoms with E-state index >= 15 is 0 Å². The Kier molecular flexibility index (Phi) is 2.16. The van der Waals surface area contributed by atoms with Crippen LogP contribution in [0.3, 0.4) is 0 Å². The van der Waals surface area contributed by atoms with E-state index in [0.717, 1.165) is 6.42 Å². The third-order valence-electron chi connectivity index (χ3n) is 3.59. The van der Waals surface area contributed by atoms with Gasteiger partial charge in [0.05, 0.1) is 0 Å². The van der Waals surface area contributed by atoms with Crippen LogP contribution in [0.5, 0.6) is 0 Å². The molecule has 0 N–H and O–H groups in total. The van der Waals surface area contributed by atoms with E-state index in [-0.39, 0.29) is 5.41 Å². The molecule has 0 radical (unpaired) electrons. The first-order chi connectivity index (χ1) is 8.05. The van der Waals surface area contributed by atoms with Gasteiger partial charge in [0.25, 0.3) is 0 Å². The minimum absolute atomic E-state index is 0.214. The summed E-state index contributed by atoms with van der Waals surface area (Å²) in [4.78, 5) is 0. The van der Waals surface area contributed by atoms with Crippen molar-refractivity contribution in [1.82, 2.24) is 0 Å². The van der Waals surface area contributed by atoms with Gasteiger partial charge in [-0.3, -0.25) is 0 Å². The van der Waals surface area contributed by atoms with Crippen LogP contribution in [-0.4, -0.2) is 0 Å². The van der Waals surface area contributed by atoms with E-state index in [4.69, 9.17) is 0 Å². The van der Waals surface area contributed by atoms with Gasteiger partial charge in [-0.15, -0.1) is 0 Å². The van der Waals surface area contributed by atoms with Crippen molar-refractivity contribution in [3.05, 3.63) is 53.1 Å². The van der Waals surface area contributed by atoms with E-state index in [2.05, 4.69) is 63.3 Å². The van der Waals surface area contributed by atoms with Crippen LogP contribution in [0.1, 0.15) is 37.5 Å². The molecule has 0 aliphatic heterocycles. The fourth-order valence-electron chi connectivity index (χ4n) is 2.59. The molecule has 0 heterocycles. The monoisotopic (exact) mass is 222 g/mol. The van der Waals surface area contributed by atoms with Gasteiger partial charge in [0.2, 0.25) is 0 Å². The zero-order chi connectivity index (χ0) is 12.0. The van der Waals surface area contributed by atoms with Gasteiger partial charge in [-0.2, -0.15) is 0 Å². The van der Waals surface area contributed by atoms with Gasteiger partial charge in [0.1, 0.15) is 0 Å². The SMILES string of the molecule is CC(C)(C)c1cc2c3c(cccc3c1)CC=C2. The summed E-state index contributed by atoms with van der Waals surface area (Å²) in [6, 6.07) is 11.3. The Morgan fingerprint density at radius 3 is 2.65 bits per heavy atom. The lowest BCUT2D eigenvalue weighted by Gasteiger charge is -2.22. The molecule has 2 aromatic rings. The minimum atomic E-state index is 0.214. The van der Waals surface area contributed by atoms with Gasteiger partial charge in [0.15, 0.2) is 0 Å². The van der Waals surface area contributed by atoms with Gasteiger partial charge < -0.3 is 0 Å². The molecule has 0 saturated heterocycles. The number of hydrogen-bond acceptors (Lipinski definition) is 0. The molecule has 2 aromatic carbocycles. The van der Waals surface area contributed by atoms with Crippen LogP contribution in [0.25, 0.3) is 16.8 Å². The molecule has 0 saturated carbocycles. The number of rotatable bonds is 0. The fraction of sp³-hybridized carbons (Fsp3) is 0.294. The Hall–Kier alpha value is -1.56. The zero-order valence-corrected chi connectivity index (χ0v) is 10.7. The molecule has 0 bridgehead atoms. The summed E-state index contributed by atoms with van der Waals surface area (Å²) in [6.45, 7) is 6.83. The zero-order valence-electron chi connectivity index (χ0n) is 10.7. The Morgan fingerprint density at radius 1 is 1.06 bits per heavy atom. The molecular weight excluding hydrogens is 204 g/mol. The van der Waals surface area contributed by atoms with Crippen molar-refractivity contribution in [2.24, 2.45) is 0 Å². The summed E-state index contributed by atoms with van der Waals surface area (Å²) in [6.07, 6.45) is 5.60. The minimum Gasteiger partial charge on any atom is -0.0795 e. The lowest BCUT2D eigenvalue weighted by Crippen LogP contribution is -2.11. The highest BCUT2D eigenvalue weighted by atomic mass is 14.2. The van der Waals surface area contributed by atoms with Gasteiger partial charge in [-0.25, -0.2) is 0 Å². The maximum Gasteiger partial charge on any atom is -0.00761 e. The number of benzene rings is 2. The normalized spacial score (nSPS) is 14.3. The van der Waals surface area contributed by atoms with Crippen LogP contribution in [-0.2, 0) is 11.8 Å². The van der Waals surface area contributed by atoms with Crippen molar-refractivity contribution in [3.8, 4) is 0 Å². The highest BCUT2D eigenvalue weighted by Crippen LogP contribution is 2.33. The van der Waals surface area contributed by atoms with E-state index in [9.17, 15) is 0 Å². The lowest BCUT2D eigenvalue weighted by atomic mass is 9.82. The second-order valence-corrected chi connectivity index (χ2v) is 5.94. The molecule has 86 valence electrons. The molecule has 0 spiro atoms. The summed E-state index contributed by atoms with van der Waals surface area (Å²) < 4.78 is 0. The Bertz CT molecular complexity index is 610. The smallest absolute Gasteiger partial charge is 0.00761 e. The highest BCUT2D eigenvalue weighted by Gasteiger charge is 2.17. The Morgan fingerprint density at radius 2 is 1.88 bits per heavy atom. The van der Waals surface area contributed by atoms with Crippen molar-refractivity contribution >= 4 is 16.8 Å². The van der Waals surface area contributed by atoms with Crippen LogP contribution in [0.15, 0.2) is 36.4 Å². The van der Waals surface area contributed by atoms with Gasteiger partial charge in [-0.1, -0.05) is 63.3 Å². The maximum atomic E-state index is 2.35. The van der Waals surface area contributed by atoms with Gasteiger partial charge in [0, 0.05) is 0 Å². The topological polar surface area (TPSA) is 0 Å². The predicted molar refractivity (Wildman–Crippen MR) is 75.4 cm³/mol. The first kappa shape index (κ1) is 10.6. The Labute approximate surface area is 103 Å². The van der Waals surface area contributed by atoms with Crippen molar-refractivity contribution in [2.45, 2.75) is 32.6 Å². The third-order valence-corrected chi connectivity index (χ3v) is 3.59. The third kappa shape index (κ3) is 1.68. The van der Waals surface area contributed by atoms with E-state index in [1.165, 1.54) is 27.5 Å². The molecule has 0 atom stereocenters. The molecule has 17 heavy (non-hydrogen) atoms. The molecule has 0 aromatic heterocycles. The molecule has 1 aliphatic rings. The second kappa shape index (κ2) is 3.46. The molecule has 0 nitrogen and oxygen atoms in total. The lowest BCUT2D eigenvalue weighted by molar-refractivity contribution is 0.591. The van der Waals surface area contributed by atoms with E-state index in [1.807, 2.05) is 0 Å². The van der Waals surface area contributed by atoms with Crippen molar-refractivity contribution in [1.29, 1.82) is 0 Å². The van der Waals surface area contributed by atoms with Gasteiger partial charge >= 0.3 is 0 Å². The Balaban J connectivity index is 2.38. The summed E-state index contributed by atoms with van der Waals surface area (Å²) >= 11 is 0. The second-order valence-electron chi connectivity index (χ2n) is 5.94. The number of allylic oxidation sites excluding steroid dienone is 1. The average molecular weight is 222 g/mol. The van der Waals surface area contributed by atoms with Crippen molar-refractivity contribution in [3.63, 3.8) is 0 Å². The van der Waals surface area contributed by atoms with Crippen LogP contribution < -0.4 is 0 Å².